The Balaban J connectivity index is 1.45. The highest BCUT2D eigenvalue weighted by molar-refractivity contribution is 5.80. The normalized spacial score (nSPS) is 31.1. The van der Waals surface area contributed by atoms with Gasteiger partial charge in [-0.05, 0) is 24.6 Å². The van der Waals surface area contributed by atoms with Gasteiger partial charge in [0.05, 0.1) is 20.3 Å². The molecule has 2 aliphatic rings. The standard InChI is InChI=1S/C17H22O5/c1-11(14-8-17(2)15(22-17)16(18)21-14)9-20-10-12-4-6-13(19-3)7-5-12/h4-7,11,14-15H,8-10H2,1-3H3/t11-,14-,15-,17+/m0/s1. The van der Waals surface area contributed by atoms with Crippen LogP contribution in [0.25, 0.3) is 0 Å². The van der Waals surface area contributed by atoms with Crippen LogP contribution in [-0.2, 0) is 25.6 Å². The Hall–Kier alpha value is -1.59. The molecule has 0 aromatic heterocycles. The number of carbonyl (C=O) groups is 1. The first kappa shape index (κ1) is 15.3. The minimum absolute atomic E-state index is 0.132. The van der Waals surface area contributed by atoms with E-state index in [2.05, 4.69) is 0 Å². The zero-order chi connectivity index (χ0) is 15.7. The Morgan fingerprint density at radius 3 is 2.73 bits per heavy atom. The first-order chi connectivity index (χ1) is 10.5. The summed E-state index contributed by atoms with van der Waals surface area (Å²) >= 11 is 0. The maximum absolute atomic E-state index is 11.7. The second-order valence-corrected chi connectivity index (χ2v) is 6.33. The van der Waals surface area contributed by atoms with E-state index in [1.165, 1.54) is 0 Å². The molecule has 0 N–H and O–H groups in total. The molecule has 4 atom stereocenters. The first-order valence-corrected chi connectivity index (χ1v) is 7.61. The van der Waals surface area contributed by atoms with Crippen molar-refractivity contribution in [3.8, 4) is 5.75 Å². The Morgan fingerprint density at radius 2 is 2.09 bits per heavy atom. The van der Waals surface area contributed by atoms with Crippen LogP contribution in [0.5, 0.6) is 5.75 Å². The lowest BCUT2D eigenvalue weighted by Crippen LogP contribution is -2.40. The molecule has 0 bridgehead atoms. The molecule has 22 heavy (non-hydrogen) atoms. The highest BCUT2D eigenvalue weighted by Gasteiger charge is 2.63. The van der Waals surface area contributed by atoms with E-state index in [1.807, 2.05) is 38.1 Å². The Bertz CT molecular complexity index is 540. The van der Waals surface area contributed by atoms with Crippen molar-refractivity contribution >= 4 is 5.97 Å². The SMILES string of the molecule is COc1ccc(COC[C@H](C)[C@@H]2C[C@@]3(C)O[C@H]3C(=O)O2)cc1. The summed E-state index contributed by atoms with van der Waals surface area (Å²) in [7, 11) is 1.65. The van der Waals surface area contributed by atoms with Gasteiger partial charge >= 0.3 is 5.97 Å². The maximum atomic E-state index is 11.7. The summed E-state index contributed by atoms with van der Waals surface area (Å²) in [5.74, 6) is 0.739. The van der Waals surface area contributed by atoms with Gasteiger partial charge in [0.25, 0.3) is 0 Å². The van der Waals surface area contributed by atoms with Gasteiger partial charge in [0, 0.05) is 12.3 Å². The molecule has 5 nitrogen and oxygen atoms in total. The second-order valence-electron chi connectivity index (χ2n) is 6.33. The molecular weight excluding hydrogens is 284 g/mol. The van der Waals surface area contributed by atoms with Crippen LogP contribution in [0.15, 0.2) is 24.3 Å². The molecule has 0 amide bonds. The molecule has 0 unspecified atom stereocenters. The smallest absolute Gasteiger partial charge is 0.338 e. The lowest BCUT2D eigenvalue weighted by molar-refractivity contribution is -0.157. The predicted molar refractivity (Wildman–Crippen MR) is 79.6 cm³/mol. The second kappa shape index (κ2) is 5.89. The quantitative estimate of drug-likeness (QED) is 0.596. The van der Waals surface area contributed by atoms with Gasteiger partial charge in [-0.25, -0.2) is 4.79 Å². The summed E-state index contributed by atoms with van der Waals surface area (Å²) in [6, 6.07) is 7.79. The van der Waals surface area contributed by atoms with Crippen LogP contribution in [0.1, 0.15) is 25.8 Å². The number of hydrogen-bond acceptors (Lipinski definition) is 5. The van der Waals surface area contributed by atoms with E-state index < -0.39 is 0 Å². The summed E-state index contributed by atoms with van der Waals surface area (Å²) in [5.41, 5.74) is 0.774. The van der Waals surface area contributed by atoms with Crippen molar-refractivity contribution in [2.75, 3.05) is 13.7 Å². The average molecular weight is 306 g/mol. The topological polar surface area (TPSA) is 57.3 Å². The van der Waals surface area contributed by atoms with Crippen molar-refractivity contribution < 1.29 is 23.7 Å². The fourth-order valence-electron chi connectivity index (χ4n) is 2.85. The summed E-state index contributed by atoms with van der Waals surface area (Å²) in [5, 5.41) is 0. The number of methoxy groups -OCH3 is 1. The number of esters is 1. The van der Waals surface area contributed by atoms with Gasteiger partial charge in [-0.3, -0.25) is 0 Å². The van der Waals surface area contributed by atoms with Gasteiger partial charge in [-0.2, -0.15) is 0 Å². The third kappa shape index (κ3) is 3.10. The Labute approximate surface area is 130 Å². The zero-order valence-corrected chi connectivity index (χ0v) is 13.2. The number of carbonyl (C=O) groups excluding carboxylic acids is 1. The van der Waals surface area contributed by atoms with Crippen molar-refractivity contribution in [3.63, 3.8) is 0 Å². The lowest BCUT2D eigenvalue weighted by Gasteiger charge is -2.28. The van der Waals surface area contributed by atoms with Crippen molar-refractivity contribution in [2.24, 2.45) is 5.92 Å². The molecule has 0 aliphatic carbocycles. The molecule has 2 fully saturated rings. The van der Waals surface area contributed by atoms with Crippen LogP contribution in [0.4, 0.5) is 0 Å². The highest BCUT2D eigenvalue weighted by atomic mass is 16.7. The summed E-state index contributed by atoms with van der Waals surface area (Å²) in [6.07, 6.45) is 0.263. The van der Waals surface area contributed by atoms with E-state index in [-0.39, 0.29) is 29.7 Å². The number of cyclic esters (lactones) is 1. The number of epoxide rings is 1. The van der Waals surface area contributed by atoms with E-state index in [9.17, 15) is 4.79 Å². The molecule has 1 aromatic rings. The fraction of sp³-hybridized carbons (Fsp3) is 0.588. The minimum atomic E-state index is -0.351. The monoisotopic (exact) mass is 306 g/mol. The number of fused-ring (bicyclic) bond motifs is 1. The predicted octanol–water partition coefficient (Wildman–Crippen LogP) is 2.32. The third-order valence-corrected chi connectivity index (χ3v) is 4.42. The van der Waals surface area contributed by atoms with Crippen LogP contribution in [0, 0.1) is 5.92 Å². The molecule has 0 radical (unpaired) electrons. The van der Waals surface area contributed by atoms with Crippen LogP contribution in [0.3, 0.4) is 0 Å². The third-order valence-electron chi connectivity index (χ3n) is 4.42. The molecule has 3 rings (SSSR count). The molecule has 2 saturated heterocycles. The molecule has 0 spiro atoms. The molecular formula is C17H22O5. The van der Waals surface area contributed by atoms with Crippen LogP contribution in [0.2, 0.25) is 0 Å². The minimum Gasteiger partial charge on any atom is -0.497 e. The number of benzene rings is 1. The highest BCUT2D eigenvalue weighted by Crippen LogP contribution is 2.46. The first-order valence-electron chi connectivity index (χ1n) is 7.61. The summed E-state index contributed by atoms with van der Waals surface area (Å²) < 4.78 is 21.7. The van der Waals surface area contributed by atoms with E-state index >= 15 is 0 Å². The van der Waals surface area contributed by atoms with Crippen LogP contribution < -0.4 is 4.74 Å². The number of ether oxygens (including phenoxy) is 4. The molecule has 2 aliphatic heterocycles. The average Bonchev–Trinajstić information content (AvgIpc) is 3.20. The van der Waals surface area contributed by atoms with Crippen molar-refractivity contribution in [3.05, 3.63) is 29.8 Å². The van der Waals surface area contributed by atoms with E-state index in [0.717, 1.165) is 17.7 Å². The van der Waals surface area contributed by atoms with Crippen molar-refractivity contribution in [1.82, 2.24) is 0 Å². The van der Waals surface area contributed by atoms with Crippen molar-refractivity contribution in [2.45, 2.75) is 44.7 Å². The molecule has 5 heteroatoms. The molecule has 0 saturated carbocycles. The molecule has 2 heterocycles. The maximum Gasteiger partial charge on any atom is 0.338 e. The summed E-state index contributed by atoms with van der Waals surface area (Å²) in [4.78, 5) is 11.7. The van der Waals surface area contributed by atoms with Crippen LogP contribution in [-0.4, -0.2) is 37.5 Å². The van der Waals surface area contributed by atoms with Gasteiger partial charge in [-0.1, -0.05) is 19.1 Å². The fourth-order valence-corrected chi connectivity index (χ4v) is 2.85. The summed E-state index contributed by atoms with van der Waals surface area (Å²) in [6.45, 7) is 5.09. The molecule has 1 aromatic carbocycles. The number of rotatable bonds is 6. The number of hydrogen-bond donors (Lipinski definition) is 0. The Morgan fingerprint density at radius 1 is 1.36 bits per heavy atom. The van der Waals surface area contributed by atoms with E-state index in [4.69, 9.17) is 18.9 Å². The van der Waals surface area contributed by atoms with Gasteiger partial charge in [0.2, 0.25) is 0 Å². The van der Waals surface area contributed by atoms with Gasteiger partial charge in [0.15, 0.2) is 6.10 Å². The van der Waals surface area contributed by atoms with E-state index in [0.29, 0.717) is 13.2 Å². The lowest BCUT2D eigenvalue weighted by atomic mass is 9.90. The van der Waals surface area contributed by atoms with Crippen molar-refractivity contribution in [1.29, 1.82) is 0 Å². The van der Waals surface area contributed by atoms with Gasteiger partial charge in [0.1, 0.15) is 17.5 Å². The van der Waals surface area contributed by atoms with Gasteiger partial charge in [-0.15, -0.1) is 0 Å². The zero-order valence-electron chi connectivity index (χ0n) is 13.2. The van der Waals surface area contributed by atoms with E-state index in [1.54, 1.807) is 7.11 Å². The molecule has 120 valence electrons. The van der Waals surface area contributed by atoms with Crippen LogP contribution >= 0.6 is 0 Å². The largest absolute Gasteiger partial charge is 0.497 e. The Kier molecular flexibility index (Phi) is 4.10. The van der Waals surface area contributed by atoms with Gasteiger partial charge < -0.3 is 18.9 Å².